The van der Waals surface area contributed by atoms with Crippen molar-refractivity contribution >= 4 is 44.7 Å². The van der Waals surface area contributed by atoms with Crippen LogP contribution in [0.15, 0.2) is 41.4 Å². The van der Waals surface area contributed by atoms with Gasteiger partial charge in [-0.1, -0.05) is 23.2 Å². The maximum atomic E-state index is 12.1. The number of sulfonamides is 1. The van der Waals surface area contributed by atoms with E-state index in [1.165, 1.54) is 36.5 Å². The smallest absolute Gasteiger partial charge is 0.263 e. The van der Waals surface area contributed by atoms with Crippen molar-refractivity contribution in [2.75, 3.05) is 10.5 Å². The average Bonchev–Trinajstić information content (AvgIpc) is 2.31. The molecule has 0 unspecified atom stereocenters. The van der Waals surface area contributed by atoms with Crippen LogP contribution in [0.1, 0.15) is 0 Å². The molecule has 100 valence electrons. The summed E-state index contributed by atoms with van der Waals surface area (Å²) in [7, 11) is -3.79. The molecular formula is C11H9Cl2N3O2S. The van der Waals surface area contributed by atoms with Gasteiger partial charge in [0.1, 0.15) is 5.82 Å². The number of nitrogens with two attached hydrogens (primary N) is 1. The maximum absolute atomic E-state index is 12.1. The van der Waals surface area contributed by atoms with Crippen LogP contribution in [-0.4, -0.2) is 13.4 Å². The van der Waals surface area contributed by atoms with Crippen molar-refractivity contribution in [2.24, 2.45) is 0 Å². The van der Waals surface area contributed by atoms with Gasteiger partial charge in [0, 0.05) is 10.0 Å². The second kappa shape index (κ2) is 5.24. The highest BCUT2D eigenvalue weighted by molar-refractivity contribution is 7.92. The maximum Gasteiger partial charge on any atom is 0.263 e. The van der Waals surface area contributed by atoms with Gasteiger partial charge in [0.05, 0.1) is 16.8 Å². The number of halogens is 2. The molecule has 0 aliphatic heterocycles. The first kappa shape index (κ1) is 13.9. The standard InChI is InChI=1S/C11H9Cl2N3O2S/c12-7-3-8(13)5-10(4-7)19(17,18)16-11-2-1-9(14)6-15-11/h1-6H,14H2,(H,15,16). The predicted octanol–water partition coefficient (Wildman–Crippen LogP) is 2.77. The zero-order valence-electron chi connectivity index (χ0n) is 9.47. The van der Waals surface area contributed by atoms with Crippen LogP contribution in [-0.2, 0) is 10.0 Å². The summed E-state index contributed by atoms with van der Waals surface area (Å²) < 4.78 is 26.5. The van der Waals surface area contributed by atoms with Gasteiger partial charge in [0.25, 0.3) is 10.0 Å². The first-order valence-electron chi connectivity index (χ1n) is 5.07. The molecule has 0 atom stereocenters. The number of hydrogen-bond acceptors (Lipinski definition) is 4. The van der Waals surface area contributed by atoms with Gasteiger partial charge in [-0.15, -0.1) is 0 Å². The number of benzene rings is 1. The summed E-state index contributed by atoms with van der Waals surface area (Å²) in [6, 6.07) is 7.04. The number of rotatable bonds is 3. The Hall–Kier alpha value is -1.50. The summed E-state index contributed by atoms with van der Waals surface area (Å²) in [6.45, 7) is 0. The lowest BCUT2D eigenvalue weighted by Gasteiger charge is -2.08. The van der Waals surface area contributed by atoms with Crippen molar-refractivity contribution in [3.8, 4) is 0 Å². The van der Waals surface area contributed by atoms with Crippen LogP contribution < -0.4 is 10.5 Å². The molecule has 0 aliphatic rings. The van der Waals surface area contributed by atoms with Gasteiger partial charge in [-0.2, -0.15) is 0 Å². The fourth-order valence-electron chi connectivity index (χ4n) is 1.35. The van der Waals surface area contributed by atoms with Crippen LogP contribution in [0.3, 0.4) is 0 Å². The Bertz CT molecular complexity index is 682. The highest BCUT2D eigenvalue weighted by Gasteiger charge is 2.16. The Morgan fingerprint density at radius 2 is 1.74 bits per heavy atom. The second-order valence-electron chi connectivity index (χ2n) is 3.69. The third-order valence-corrected chi connectivity index (χ3v) is 3.94. The molecule has 0 amide bonds. The Morgan fingerprint density at radius 3 is 2.26 bits per heavy atom. The Balaban J connectivity index is 2.34. The highest BCUT2D eigenvalue weighted by atomic mass is 35.5. The van der Waals surface area contributed by atoms with Crippen molar-refractivity contribution in [1.82, 2.24) is 4.98 Å². The molecule has 0 bridgehead atoms. The first-order valence-corrected chi connectivity index (χ1v) is 7.31. The quantitative estimate of drug-likeness (QED) is 0.911. The molecule has 3 N–H and O–H groups in total. The minimum Gasteiger partial charge on any atom is -0.397 e. The van der Waals surface area contributed by atoms with Gasteiger partial charge in [0.2, 0.25) is 0 Å². The molecule has 0 aliphatic carbocycles. The largest absolute Gasteiger partial charge is 0.397 e. The molecule has 1 aromatic heterocycles. The second-order valence-corrected chi connectivity index (χ2v) is 6.24. The normalized spacial score (nSPS) is 11.3. The van der Waals surface area contributed by atoms with Crippen LogP contribution in [0.4, 0.5) is 11.5 Å². The lowest BCUT2D eigenvalue weighted by molar-refractivity contribution is 0.601. The molecule has 8 heteroatoms. The van der Waals surface area contributed by atoms with Crippen LogP contribution in [0, 0.1) is 0 Å². The van der Waals surface area contributed by atoms with E-state index in [0.717, 1.165) is 0 Å². The average molecular weight is 318 g/mol. The van der Waals surface area contributed by atoms with E-state index in [2.05, 4.69) is 9.71 Å². The van der Waals surface area contributed by atoms with Crippen LogP contribution >= 0.6 is 23.2 Å². The monoisotopic (exact) mass is 317 g/mol. The summed E-state index contributed by atoms with van der Waals surface area (Å²) in [4.78, 5) is 3.81. The van der Waals surface area contributed by atoms with Gasteiger partial charge >= 0.3 is 0 Å². The van der Waals surface area contributed by atoms with Gasteiger partial charge in [-0.25, -0.2) is 13.4 Å². The van der Waals surface area contributed by atoms with E-state index in [9.17, 15) is 8.42 Å². The topological polar surface area (TPSA) is 85.1 Å². The van der Waals surface area contributed by atoms with E-state index in [1.54, 1.807) is 0 Å². The van der Waals surface area contributed by atoms with E-state index in [-0.39, 0.29) is 20.8 Å². The Labute approximate surface area is 120 Å². The van der Waals surface area contributed by atoms with Crippen LogP contribution in [0.25, 0.3) is 0 Å². The zero-order chi connectivity index (χ0) is 14.0. The third kappa shape index (κ3) is 3.50. The van der Waals surface area contributed by atoms with Crippen molar-refractivity contribution in [3.63, 3.8) is 0 Å². The van der Waals surface area contributed by atoms with E-state index in [0.29, 0.717) is 5.69 Å². The molecule has 19 heavy (non-hydrogen) atoms. The molecule has 2 aromatic rings. The number of anilines is 2. The van der Waals surface area contributed by atoms with Crippen molar-refractivity contribution in [3.05, 3.63) is 46.6 Å². The SMILES string of the molecule is Nc1ccc(NS(=O)(=O)c2cc(Cl)cc(Cl)c2)nc1. The number of hydrogen-bond donors (Lipinski definition) is 2. The number of aromatic nitrogens is 1. The van der Waals surface area contributed by atoms with E-state index >= 15 is 0 Å². The molecule has 0 saturated carbocycles. The number of pyridine rings is 1. The fourth-order valence-corrected chi connectivity index (χ4v) is 3.08. The predicted molar refractivity (Wildman–Crippen MR) is 75.9 cm³/mol. The Kier molecular flexibility index (Phi) is 3.84. The van der Waals surface area contributed by atoms with Crippen molar-refractivity contribution < 1.29 is 8.42 Å². The van der Waals surface area contributed by atoms with Gasteiger partial charge in [0.15, 0.2) is 0 Å². The molecule has 5 nitrogen and oxygen atoms in total. The minimum atomic E-state index is -3.79. The molecule has 1 aromatic carbocycles. The fraction of sp³-hybridized carbons (Fsp3) is 0. The molecular weight excluding hydrogens is 309 g/mol. The number of nitrogens with zero attached hydrogens (tertiary/aromatic N) is 1. The first-order chi connectivity index (χ1) is 8.87. The third-order valence-electron chi connectivity index (χ3n) is 2.17. The molecule has 0 saturated heterocycles. The minimum absolute atomic E-state index is 0.0383. The lowest BCUT2D eigenvalue weighted by Crippen LogP contribution is -2.14. The number of nitrogen functional groups attached to an aromatic ring is 1. The van der Waals surface area contributed by atoms with Crippen molar-refractivity contribution in [2.45, 2.75) is 4.90 Å². The number of nitrogens with one attached hydrogen (secondary N) is 1. The summed E-state index contributed by atoms with van der Waals surface area (Å²) >= 11 is 11.5. The van der Waals surface area contributed by atoms with Gasteiger partial charge in [-0.3, -0.25) is 4.72 Å². The highest BCUT2D eigenvalue weighted by Crippen LogP contribution is 2.23. The van der Waals surface area contributed by atoms with Gasteiger partial charge in [-0.05, 0) is 30.3 Å². The van der Waals surface area contributed by atoms with Crippen LogP contribution in [0.5, 0.6) is 0 Å². The lowest BCUT2D eigenvalue weighted by atomic mass is 10.4. The molecule has 0 radical (unpaired) electrons. The van der Waals surface area contributed by atoms with E-state index in [1.807, 2.05) is 0 Å². The summed E-state index contributed by atoms with van der Waals surface area (Å²) in [5.41, 5.74) is 5.91. The summed E-state index contributed by atoms with van der Waals surface area (Å²) in [5.74, 6) is 0.158. The summed E-state index contributed by atoms with van der Waals surface area (Å²) in [6.07, 6.45) is 1.35. The van der Waals surface area contributed by atoms with E-state index < -0.39 is 10.0 Å². The zero-order valence-corrected chi connectivity index (χ0v) is 11.8. The molecule has 1 heterocycles. The molecule has 0 spiro atoms. The molecule has 0 fully saturated rings. The summed E-state index contributed by atoms with van der Waals surface area (Å²) in [5, 5.41) is 0.469. The van der Waals surface area contributed by atoms with Crippen molar-refractivity contribution in [1.29, 1.82) is 0 Å². The van der Waals surface area contributed by atoms with Crippen LogP contribution in [0.2, 0.25) is 10.0 Å². The van der Waals surface area contributed by atoms with E-state index in [4.69, 9.17) is 28.9 Å². The molecule has 2 rings (SSSR count). The Morgan fingerprint density at radius 1 is 1.11 bits per heavy atom. The van der Waals surface area contributed by atoms with Gasteiger partial charge < -0.3 is 5.73 Å².